The van der Waals surface area contributed by atoms with E-state index in [0.29, 0.717) is 12.3 Å². The number of nitrogens with zero attached hydrogens (tertiary/aromatic N) is 2. The Morgan fingerprint density at radius 1 is 1.20 bits per heavy atom. The van der Waals surface area contributed by atoms with E-state index >= 15 is 0 Å². The van der Waals surface area contributed by atoms with Crippen molar-refractivity contribution in [3.8, 4) is 0 Å². The van der Waals surface area contributed by atoms with Crippen LogP contribution in [0.2, 0.25) is 0 Å². The van der Waals surface area contributed by atoms with Crippen LogP contribution in [0.4, 0.5) is 4.79 Å². The van der Waals surface area contributed by atoms with E-state index in [1.165, 1.54) is 11.3 Å². The fourth-order valence-electron chi connectivity index (χ4n) is 3.59. The molecule has 0 aromatic rings. The van der Waals surface area contributed by atoms with Gasteiger partial charge < -0.3 is 20.0 Å². The van der Waals surface area contributed by atoms with Gasteiger partial charge in [-0.2, -0.15) is 0 Å². The lowest BCUT2D eigenvalue weighted by molar-refractivity contribution is -0.146. The molecule has 0 aromatic carbocycles. The molecule has 1 aliphatic heterocycles. The molecule has 1 saturated carbocycles. The minimum atomic E-state index is -0.917. The van der Waals surface area contributed by atoms with Gasteiger partial charge in [-0.25, -0.2) is 9.59 Å². The Labute approximate surface area is 119 Å². The third-order valence-corrected chi connectivity index (χ3v) is 4.64. The molecule has 2 fully saturated rings. The number of hydrogen-bond acceptors (Lipinski definition) is 3. The number of aliphatic hydroxyl groups excluding tert-OH is 1. The van der Waals surface area contributed by atoms with Crippen LogP contribution in [0.15, 0.2) is 0 Å². The van der Waals surface area contributed by atoms with E-state index in [2.05, 4.69) is 0 Å². The monoisotopic (exact) mass is 284 g/mol. The number of amides is 2. The zero-order chi connectivity index (χ0) is 14.7. The van der Waals surface area contributed by atoms with Crippen molar-refractivity contribution in [1.29, 1.82) is 0 Å². The van der Waals surface area contributed by atoms with Crippen LogP contribution in [0.5, 0.6) is 0 Å². The smallest absolute Gasteiger partial charge is 0.326 e. The number of carboxylic acids is 1. The number of carbonyl (C=O) groups is 2. The number of carbonyl (C=O) groups excluding carboxylic acids is 1. The lowest BCUT2D eigenvalue weighted by Crippen LogP contribution is -2.60. The second-order valence-electron chi connectivity index (χ2n) is 5.88. The number of aliphatic carboxylic acids is 1. The molecule has 20 heavy (non-hydrogen) atoms. The van der Waals surface area contributed by atoms with Gasteiger partial charge in [0.05, 0.1) is 6.61 Å². The predicted molar refractivity (Wildman–Crippen MR) is 73.4 cm³/mol. The first kappa shape index (κ1) is 15.1. The van der Waals surface area contributed by atoms with Crippen molar-refractivity contribution in [2.45, 2.75) is 50.6 Å². The minimum absolute atomic E-state index is 0.0484. The maximum atomic E-state index is 12.5. The Kier molecular flexibility index (Phi) is 4.86. The number of piperidine rings is 1. The average molecular weight is 284 g/mol. The Hall–Kier alpha value is -1.30. The summed E-state index contributed by atoms with van der Waals surface area (Å²) in [6.07, 6.45) is 5.65. The molecule has 0 spiro atoms. The summed E-state index contributed by atoms with van der Waals surface area (Å²) in [5, 5.41) is 18.4. The third-order valence-electron chi connectivity index (χ3n) is 4.64. The number of carboxylic acid groups (broad SMARTS) is 1. The topological polar surface area (TPSA) is 81.1 Å². The first-order chi connectivity index (χ1) is 9.56. The molecule has 6 nitrogen and oxygen atoms in total. The number of likely N-dealkylation sites (tertiary alicyclic amines) is 1. The number of hydrogen-bond donors (Lipinski definition) is 2. The lowest BCUT2D eigenvalue weighted by Gasteiger charge is -2.48. The van der Waals surface area contributed by atoms with E-state index in [9.17, 15) is 14.7 Å². The van der Waals surface area contributed by atoms with E-state index < -0.39 is 12.0 Å². The molecule has 0 aromatic heterocycles. The second-order valence-corrected chi connectivity index (χ2v) is 5.88. The summed E-state index contributed by atoms with van der Waals surface area (Å²) < 4.78 is 0. The summed E-state index contributed by atoms with van der Waals surface area (Å²) in [7, 11) is 1.61. The maximum absolute atomic E-state index is 12.5. The molecule has 2 rings (SSSR count). The van der Waals surface area contributed by atoms with Crippen molar-refractivity contribution in [2.75, 3.05) is 20.2 Å². The molecule has 3 atom stereocenters. The number of rotatable bonds is 3. The van der Waals surface area contributed by atoms with Crippen LogP contribution in [0.3, 0.4) is 0 Å². The molecule has 0 bridgehead atoms. The van der Waals surface area contributed by atoms with Crippen LogP contribution in [-0.2, 0) is 4.79 Å². The summed E-state index contributed by atoms with van der Waals surface area (Å²) >= 11 is 0. The molecule has 0 radical (unpaired) electrons. The predicted octanol–water partition coefficient (Wildman–Crippen LogP) is 1.14. The highest BCUT2D eigenvalue weighted by Gasteiger charge is 2.44. The number of likely N-dealkylation sites (N-methyl/N-ethyl adjacent to an activating group) is 1. The van der Waals surface area contributed by atoms with Crippen molar-refractivity contribution in [1.82, 2.24) is 9.80 Å². The molecular formula is C14H24N2O4. The Morgan fingerprint density at radius 2 is 1.90 bits per heavy atom. The molecule has 1 aliphatic carbocycles. The summed E-state index contributed by atoms with van der Waals surface area (Å²) in [5.74, 6) is -0.481. The van der Waals surface area contributed by atoms with E-state index in [4.69, 9.17) is 5.11 Å². The Bertz CT molecular complexity index is 374. The standard InChI is InChI=1S/C14H24N2O4/c1-15(8-9-17)14(20)16-11-5-3-2-4-10(11)6-7-12(16)13(18)19/h10-12,17H,2-9H2,1H3,(H,18,19). The minimum Gasteiger partial charge on any atom is -0.480 e. The fourth-order valence-corrected chi connectivity index (χ4v) is 3.59. The summed E-state index contributed by atoms with van der Waals surface area (Å²) in [6, 6.07) is -0.932. The van der Waals surface area contributed by atoms with Crippen LogP contribution < -0.4 is 0 Å². The molecular weight excluding hydrogens is 260 g/mol. The van der Waals surface area contributed by atoms with E-state index in [1.807, 2.05) is 0 Å². The van der Waals surface area contributed by atoms with E-state index in [1.54, 1.807) is 11.9 Å². The highest BCUT2D eigenvalue weighted by Crippen LogP contribution is 2.38. The summed E-state index contributed by atoms with van der Waals surface area (Å²) in [6.45, 7) is 0.126. The first-order valence-electron chi connectivity index (χ1n) is 7.43. The lowest BCUT2D eigenvalue weighted by atomic mass is 9.76. The van der Waals surface area contributed by atoms with Gasteiger partial charge in [-0.05, 0) is 31.6 Å². The third kappa shape index (κ3) is 2.90. The highest BCUT2D eigenvalue weighted by atomic mass is 16.4. The molecule has 1 heterocycles. The first-order valence-corrected chi connectivity index (χ1v) is 7.43. The molecule has 2 N–H and O–H groups in total. The van der Waals surface area contributed by atoms with Crippen LogP contribution in [0, 0.1) is 5.92 Å². The second kappa shape index (κ2) is 6.43. The van der Waals surface area contributed by atoms with Crippen molar-refractivity contribution < 1.29 is 19.8 Å². The van der Waals surface area contributed by atoms with Crippen LogP contribution in [0.25, 0.3) is 0 Å². The largest absolute Gasteiger partial charge is 0.480 e. The summed E-state index contributed by atoms with van der Waals surface area (Å²) in [5.41, 5.74) is 0. The number of urea groups is 1. The van der Waals surface area contributed by atoms with Gasteiger partial charge in [0, 0.05) is 19.6 Å². The van der Waals surface area contributed by atoms with E-state index in [0.717, 1.165) is 25.7 Å². The van der Waals surface area contributed by atoms with Gasteiger partial charge in [0.15, 0.2) is 0 Å². The summed E-state index contributed by atoms with van der Waals surface area (Å²) in [4.78, 5) is 27.0. The molecule has 1 saturated heterocycles. The molecule has 2 amide bonds. The van der Waals surface area contributed by atoms with Gasteiger partial charge in [-0.3, -0.25) is 0 Å². The molecule has 114 valence electrons. The highest BCUT2D eigenvalue weighted by molar-refractivity contribution is 5.83. The van der Waals surface area contributed by atoms with Gasteiger partial charge in [-0.1, -0.05) is 12.8 Å². The fraction of sp³-hybridized carbons (Fsp3) is 0.857. The molecule has 3 unspecified atom stereocenters. The van der Waals surface area contributed by atoms with Crippen molar-refractivity contribution in [3.63, 3.8) is 0 Å². The van der Waals surface area contributed by atoms with Crippen molar-refractivity contribution >= 4 is 12.0 Å². The van der Waals surface area contributed by atoms with Gasteiger partial charge in [0.25, 0.3) is 0 Å². The number of aliphatic hydroxyl groups is 1. The van der Waals surface area contributed by atoms with Crippen molar-refractivity contribution in [3.05, 3.63) is 0 Å². The van der Waals surface area contributed by atoms with Crippen LogP contribution in [-0.4, -0.2) is 64.3 Å². The zero-order valence-corrected chi connectivity index (χ0v) is 12.0. The maximum Gasteiger partial charge on any atom is 0.326 e. The normalized spacial score (nSPS) is 29.7. The average Bonchev–Trinajstić information content (AvgIpc) is 2.45. The SMILES string of the molecule is CN(CCO)C(=O)N1C(C(=O)O)CCC2CCCCC21. The van der Waals surface area contributed by atoms with E-state index in [-0.39, 0.29) is 25.2 Å². The van der Waals surface area contributed by atoms with Crippen molar-refractivity contribution in [2.24, 2.45) is 5.92 Å². The van der Waals surface area contributed by atoms with Gasteiger partial charge in [-0.15, -0.1) is 0 Å². The van der Waals surface area contributed by atoms with Gasteiger partial charge in [0.1, 0.15) is 6.04 Å². The molecule has 6 heteroatoms. The molecule has 2 aliphatic rings. The van der Waals surface area contributed by atoms with Crippen LogP contribution in [0.1, 0.15) is 38.5 Å². The van der Waals surface area contributed by atoms with Crippen LogP contribution >= 0.6 is 0 Å². The zero-order valence-electron chi connectivity index (χ0n) is 12.0. The van der Waals surface area contributed by atoms with Gasteiger partial charge >= 0.3 is 12.0 Å². The Balaban J connectivity index is 2.20. The number of fused-ring (bicyclic) bond motifs is 1. The van der Waals surface area contributed by atoms with Gasteiger partial charge in [0.2, 0.25) is 0 Å². The Morgan fingerprint density at radius 3 is 2.55 bits per heavy atom. The quantitative estimate of drug-likeness (QED) is 0.814.